The van der Waals surface area contributed by atoms with Gasteiger partial charge in [-0.05, 0) is 42.3 Å². The molecule has 0 bridgehead atoms. The maximum atomic E-state index is 5.48. The Bertz CT molecular complexity index is 1420. The molecular formula is C26H20BrN3O. The SMILES string of the molecule is COc1ccc2[nH]c3c(c2c1)CCn1c(-c2ccccc2)nc(-c2ccc(Br)cc2)c1-3. The van der Waals surface area contributed by atoms with Crippen molar-refractivity contribution < 1.29 is 4.74 Å². The lowest BCUT2D eigenvalue weighted by molar-refractivity contribution is 0.415. The van der Waals surface area contributed by atoms with Crippen molar-refractivity contribution in [2.75, 3.05) is 7.11 Å². The molecule has 5 heteroatoms. The fraction of sp³-hybridized carbons (Fsp3) is 0.115. The Labute approximate surface area is 188 Å². The Morgan fingerprint density at radius 1 is 0.968 bits per heavy atom. The third-order valence-electron chi connectivity index (χ3n) is 6.05. The first-order valence-corrected chi connectivity index (χ1v) is 11.1. The lowest BCUT2D eigenvalue weighted by Gasteiger charge is -2.19. The lowest BCUT2D eigenvalue weighted by atomic mass is 9.99. The van der Waals surface area contributed by atoms with Gasteiger partial charge in [0.2, 0.25) is 0 Å². The van der Waals surface area contributed by atoms with Crippen LogP contribution in [-0.2, 0) is 13.0 Å². The zero-order valence-corrected chi connectivity index (χ0v) is 18.6. The molecule has 2 aromatic heterocycles. The van der Waals surface area contributed by atoms with Crippen LogP contribution in [0.1, 0.15) is 5.56 Å². The lowest BCUT2D eigenvalue weighted by Crippen LogP contribution is -2.11. The number of halogens is 1. The van der Waals surface area contributed by atoms with Crippen molar-refractivity contribution in [1.82, 2.24) is 14.5 Å². The van der Waals surface area contributed by atoms with Crippen molar-refractivity contribution in [1.29, 1.82) is 0 Å². The van der Waals surface area contributed by atoms with Gasteiger partial charge in [-0.3, -0.25) is 0 Å². The van der Waals surface area contributed by atoms with E-state index < -0.39 is 0 Å². The number of aromatic amines is 1. The number of rotatable bonds is 3. The molecule has 3 heterocycles. The fourth-order valence-corrected chi connectivity index (χ4v) is 4.84. The molecule has 0 fully saturated rings. The molecule has 3 aromatic carbocycles. The van der Waals surface area contributed by atoms with Crippen molar-refractivity contribution in [3.8, 4) is 39.8 Å². The van der Waals surface area contributed by atoms with E-state index in [9.17, 15) is 0 Å². The molecule has 0 saturated carbocycles. The van der Waals surface area contributed by atoms with Gasteiger partial charge in [-0.15, -0.1) is 0 Å². The number of imidazole rings is 1. The second kappa shape index (κ2) is 7.13. The van der Waals surface area contributed by atoms with Crippen molar-refractivity contribution in [2.24, 2.45) is 0 Å². The Kier molecular flexibility index (Phi) is 4.25. The van der Waals surface area contributed by atoms with Crippen molar-refractivity contribution >= 4 is 26.8 Å². The van der Waals surface area contributed by atoms with Crippen molar-refractivity contribution in [3.05, 3.63) is 82.8 Å². The van der Waals surface area contributed by atoms with Gasteiger partial charge < -0.3 is 14.3 Å². The normalized spacial score (nSPS) is 12.6. The van der Waals surface area contributed by atoms with Crippen LogP contribution < -0.4 is 4.74 Å². The number of aromatic nitrogens is 3. The molecule has 5 aromatic rings. The average molecular weight is 470 g/mol. The molecule has 152 valence electrons. The highest BCUT2D eigenvalue weighted by atomic mass is 79.9. The van der Waals surface area contributed by atoms with Crippen LogP contribution in [0.15, 0.2) is 77.3 Å². The highest BCUT2D eigenvalue weighted by molar-refractivity contribution is 9.10. The standard InChI is InChI=1S/C26H20BrN3O/c1-31-19-11-12-22-21(15-19)20-13-14-30-25(24(20)28-22)23(16-7-9-18(27)10-8-16)29-26(30)17-5-3-2-4-6-17/h2-12,15,28H,13-14H2,1H3. The molecule has 0 spiro atoms. The molecule has 0 saturated heterocycles. The summed E-state index contributed by atoms with van der Waals surface area (Å²) < 4.78 is 8.91. The van der Waals surface area contributed by atoms with E-state index in [1.807, 2.05) is 12.1 Å². The quantitative estimate of drug-likeness (QED) is 0.319. The van der Waals surface area contributed by atoms with E-state index in [2.05, 4.69) is 86.1 Å². The molecule has 1 aliphatic rings. The van der Waals surface area contributed by atoms with Gasteiger partial charge in [-0.2, -0.15) is 0 Å². The van der Waals surface area contributed by atoms with Crippen LogP contribution in [0, 0.1) is 0 Å². The third kappa shape index (κ3) is 2.92. The van der Waals surface area contributed by atoms with Gasteiger partial charge in [0.1, 0.15) is 11.6 Å². The smallest absolute Gasteiger partial charge is 0.141 e. The number of hydrogen-bond donors (Lipinski definition) is 1. The van der Waals surface area contributed by atoms with Gasteiger partial charge in [0.25, 0.3) is 0 Å². The number of nitrogens with zero attached hydrogens (tertiary/aromatic N) is 2. The van der Waals surface area contributed by atoms with E-state index in [-0.39, 0.29) is 0 Å². The van der Waals surface area contributed by atoms with Crippen LogP contribution in [0.5, 0.6) is 5.75 Å². The Balaban J connectivity index is 1.65. The summed E-state index contributed by atoms with van der Waals surface area (Å²) in [4.78, 5) is 8.85. The summed E-state index contributed by atoms with van der Waals surface area (Å²) in [5.74, 6) is 1.89. The monoisotopic (exact) mass is 469 g/mol. The number of H-pyrrole nitrogens is 1. The molecule has 0 radical (unpaired) electrons. The minimum Gasteiger partial charge on any atom is -0.497 e. The largest absolute Gasteiger partial charge is 0.497 e. The summed E-state index contributed by atoms with van der Waals surface area (Å²) in [6.07, 6.45) is 0.950. The fourth-order valence-electron chi connectivity index (χ4n) is 4.58. The van der Waals surface area contributed by atoms with E-state index in [0.717, 1.165) is 62.7 Å². The first-order valence-electron chi connectivity index (χ1n) is 10.3. The van der Waals surface area contributed by atoms with Crippen LogP contribution in [-0.4, -0.2) is 21.6 Å². The van der Waals surface area contributed by atoms with Crippen LogP contribution in [0.3, 0.4) is 0 Å². The molecule has 0 aliphatic carbocycles. The minimum absolute atomic E-state index is 0.881. The summed E-state index contributed by atoms with van der Waals surface area (Å²) in [5.41, 5.74) is 8.01. The van der Waals surface area contributed by atoms with Gasteiger partial charge in [0.15, 0.2) is 0 Å². The van der Waals surface area contributed by atoms with E-state index in [1.54, 1.807) is 7.11 Å². The highest BCUT2D eigenvalue weighted by Gasteiger charge is 2.28. The second-order valence-corrected chi connectivity index (χ2v) is 8.71. The molecule has 0 unspecified atom stereocenters. The van der Waals surface area contributed by atoms with Gasteiger partial charge in [-0.25, -0.2) is 4.98 Å². The molecule has 1 aliphatic heterocycles. The van der Waals surface area contributed by atoms with E-state index in [1.165, 1.54) is 10.9 Å². The number of methoxy groups -OCH3 is 1. The summed E-state index contributed by atoms with van der Waals surface area (Å²) in [6, 6.07) is 25.1. The molecule has 0 amide bonds. The number of benzene rings is 3. The summed E-state index contributed by atoms with van der Waals surface area (Å²) in [5, 5.41) is 1.23. The second-order valence-electron chi connectivity index (χ2n) is 7.80. The minimum atomic E-state index is 0.881. The van der Waals surface area contributed by atoms with Crippen molar-refractivity contribution in [3.63, 3.8) is 0 Å². The van der Waals surface area contributed by atoms with Gasteiger partial charge in [0.05, 0.1) is 24.2 Å². The van der Waals surface area contributed by atoms with Crippen molar-refractivity contribution in [2.45, 2.75) is 13.0 Å². The third-order valence-corrected chi connectivity index (χ3v) is 6.58. The summed E-state index contributed by atoms with van der Waals surface area (Å²) in [6.45, 7) is 0.889. The van der Waals surface area contributed by atoms with Gasteiger partial charge >= 0.3 is 0 Å². The molecular weight excluding hydrogens is 450 g/mol. The van der Waals surface area contributed by atoms with Crippen LogP contribution in [0.2, 0.25) is 0 Å². The maximum Gasteiger partial charge on any atom is 0.141 e. The summed E-state index contributed by atoms with van der Waals surface area (Å²) >= 11 is 3.55. The van der Waals surface area contributed by atoms with E-state index >= 15 is 0 Å². The van der Waals surface area contributed by atoms with Crippen LogP contribution in [0.4, 0.5) is 0 Å². The molecule has 1 N–H and O–H groups in total. The summed E-state index contributed by atoms with van der Waals surface area (Å²) in [7, 11) is 1.72. The predicted octanol–water partition coefficient (Wildman–Crippen LogP) is 6.69. The molecule has 31 heavy (non-hydrogen) atoms. The number of hydrogen-bond acceptors (Lipinski definition) is 2. The Morgan fingerprint density at radius 2 is 1.77 bits per heavy atom. The topological polar surface area (TPSA) is 42.8 Å². The predicted molar refractivity (Wildman–Crippen MR) is 128 cm³/mol. The number of ether oxygens (including phenoxy) is 1. The van der Waals surface area contributed by atoms with Crippen LogP contribution >= 0.6 is 15.9 Å². The Hall–Kier alpha value is -3.31. The highest BCUT2D eigenvalue weighted by Crippen LogP contribution is 2.43. The Morgan fingerprint density at radius 3 is 2.55 bits per heavy atom. The number of fused-ring (bicyclic) bond motifs is 5. The van der Waals surface area contributed by atoms with Gasteiger partial charge in [0, 0.05) is 33.0 Å². The average Bonchev–Trinajstić information content (AvgIpc) is 3.38. The first kappa shape index (κ1) is 18.5. The number of nitrogens with one attached hydrogen (secondary N) is 1. The first-order chi connectivity index (χ1) is 15.2. The van der Waals surface area contributed by atoms with Gasteiger partial charge in [-0.1, -0.05) is 58.4 Å². The number of aryl methyl sites for hydroxylation is 1. The zero-order valence-electron chi connectivity index (χ0n) is 17.0. The van der Waals surface area contributed by atoms with E-state index in [0.29, 0.717) is 0 Å². The molecule has 6 rings (SSSR count). The molecule has 0 atom stereocenters. The van der Waals surface area contributed by atoms with Crippen LogP contribution in [0.25, 0.3) is 44.9 Å². The zero-order chi connectivity index (χ0) is 20.9. The van der Waals surface area contributed by atoms with E-state index in [4.69, 9.17) is 9.72 Å². The molecule has 4 nitrogen and oxygen atoms in total. The maximum absolute atomic E-state index is 5.48.